The minimum absolute atomic E-state index is 0.845. The number of hydrogen-bond acceptors (Lipinski definition) is 1. The summed E-state index contributed by atoms with van der Waals surface area (Å²) in [6.45, 7) is 3.90. The predicted molar refractivity (Wildman–Crippen MR) is 40.6 cm³/mol. The molecule has 50 valence electrons. The fourth-order valence-corrected chi connectivity index (χ4v) is 1.05. The number of allylic oxidation sites excluding steroid dienone is 2. The molecule has 1 nitrogen and oxygen atoms in total. The van der Waals surface area contributed by atoms with Gasteiger partial charge in [-0.3, -0.25) is 0 Å². The zero-order valence-electron chi connectivity index (χ0n) is 5.45. The Morgan fingerprint density at radius 2 is 2.44 bits per heavy atom. The molecule has 1 aliphatic heterocycles. The molecule has 9 heavy (non-hydrogen) atoms. The lowest BCUT2D eigenvalue weighted by Gasteiger charge is -1.95. The van der Waals surface area contributed by atoms with Crippen LogP contribution < -0.4 is 5.32 Å². The first kappa shape index (κ1) is 6.84. The molecular weight excluding hydrogens is 134 g/mol. The molecular formula is C7H10ClN. The summed E-state index contributed by atoms with van der Waals surface area (Å²) in [4.78, 5) is 0. The highest BCUT2D eigenvalue weighted by Gasteiger charge is 1.95. The third kappa shape index (κ3) is 2.20. The number of hydrogen-bond donors (Lipinski definition) is 1. The van der Waals surface area contributed by atoms with Crippen molar-refractivity contribution in [3.63, 3.8) is 0 Å². The van der Waals surface area contributed by atoms with Crippen molar-refractivity contribution in [1.29, 1.82) is 0 Å². The summed E-state index contributed by atoms with van der Waals surface area (Å²) >= 11 is 5.76. The van der Waals surface area contributed by atoms with Gasteiger partial charge >= 0.3 is 0 Å². The van der Waals surface area contributed by atoms with Crippen molar-refractivity contribution in [3.8, 4) is 0 Å². The fourth-order valence-electron chi connectivity index (χ4n) is 0.784. The largest absolute Gasteiger partial charge is 0.309 e. The molecule has 0 aliphatic carbocycles. The summed E-state index contributed by atoms with van der Waals surface area (Å²) in [5.74, 6) is 0. The standard InChI is InChI=1S/C7H10ClN/c1-6-4-7(8)2-3-9-5-6/h2,4,9H,3,5H2,1H3. The summed E-state index contributed by atoms with van der Waals surface area (Å²) in [5, 5.41) is 4.04. The molecule has 1 N–H and O–H groups in total. The molecule has 0 saturated carbocycles. The first-order valence-corrected chi connectivity index (χ1v) is 3.40. The van der Waals surface area contributed by atoms with Gasteiger partial charge in [-0.25, -0.2) is 0 Å². The molecule has 0 aromatic carbocycles. The lowest BCUT2D eigenvalue weighted by molar-refractivity contribution is 0.821. The van der Waals surface area contributed by atoms with E-state index in [0.717, 1.165) is 18.1 Å². The van der Waals surface area contributed by atoms with Crippen molar-refractivity contribution in [2.45, 2.75) is 6.92 Å². The molecule has 1 rings (SSSR count). The third-order valence-electron chi connectivity index (χ3n) is 1.23. The van der Waals surface area contributed by atoms with Crippen LogP contribution in [0.2, 0.25) is 0 Å². The molecule has 0 aromatic heterocycles. The predicted octanol–water partition coefficient (Wildman–Crippen LogP) is 1.66. The average molecular weight is 144 g/mol. The van der Waals surface area contributed by atoms with E-state index in [2.05, 4.69) is 12.2 Å². The van der Waals surface area contributed by atoms with E-state index in [-0.39, 0.29) is 0 Å². The Morgan fingerprint density at radius 1 is 1.67 bits per heavy atom. The van der Waals surface area contributed by atoms with Crippen LogP contribution in [0.5, 0.6) is 0 Å². The van der Waals surface area contributed by atoms with Gasteiger partial charge in [0.25, 0.3) is 0 Å². The van der Waals surface area contributed by atoms with Crippen LogP contribution in [0.15, 0.2) is 22.8 Å². The van der Waals surface area contributed by atoms with Gasteiger partial charge in [-0.2, -0.15) is 0 Å². The van der Waals surface area contributed by atoms with E-state index in [1.54, 1.807) is 0 Å². The molecule has 0 saturated heterocycles. The monoisotopic (exact) mass is 143 g/mol. The summed E-state index contributed by atoms with van der Waals surface area (Å²) in [6.07, 6.45) is 3.96. The SMILES string of the molecule is CC1=CC(Cl)=CCNC1. The second kappa shape index (κ2) is 3.04. The molecule has 0 bridgehead atoms. The Hall–Kier alpha value is -0.270. The summed E-state index contributed by atoms with van der Waals surface area (Å²) < 4.78 is 0. The van der Waals surface area contributed by atoms with Gasteiger partial charge < -0.3 is 5.32 Å². The first-order valence-electron chi connectivity index (χ1n) is 3.02. The van der Waals surface area contributed by atoms with E-state index in [1.807, 2.05) is 12.2 Å². The van der Waals surface area contributed by atoms with E-state index in [4.69, 9.17) is 11.6 Å². The zero-order chi connectivity index (χ0) is 6.69. The molecule has 0 spiro atoms. The van der Waals surface area contributed by atoms with E-state index in [9.17, 15) is 0 Å². The molecule has 1 heterocycles. The van der Waals surface area contributed by atoms with Gasteiger partial charge in [0.05, 0.1) is 0 Å². The molecule has 0 aromatic rings. The van der Waals surface area contributed by atoms with Gasteiger partial charge in [0, 0.05) is 18.1 Å². The highest BCUT2D eigenvalue weighted by molar-refractivity contribution is 6.31. The number of halogens is 1. The van der Waals surface area contributed by atoms with E-state index in [1.165, 1.54) is 5.57 Å². The maximum atomic E-state index is 5.76. The molecule has 0 unspecified atom stereocenters. The van der Waals surface area contributed by atoms with Crippen LogP contribution in [0.4, 0.5) is 0 Å². The average Bonchev–Trinajstić information content (AvgIpc) is 1.93. The molecule has 2 heteroatoms. The quantitative estimate of drug-likeness (QED) is 0.544. The second-order valence-electron chi connectivity index (χ2n) is 2.21. The molecule has 0 fully saturated rings. The smallest absolute Gasteiger partial charge is 0.0378 e. The highest BCUT2D eigenvalue weighted by atomic mass is 35.5. The topological polar surface area (TPSA) is 12.0 Å². The lowest BCUT2D eigenvalue weighted by Crippen LogP contribution is -2.14. The second-order valence-corrected chi connectivity index (χ2v) is 2.65. The van der Waals surface area contributed by atoms with Gasteiger partial charge in [-0.15, -0.1) is 0 Å². The molecule has 0 radical (unpaired) electrons. The Balaban J connectivity index is 2.67. The number of rotatable bonds is 0. The minimum Gasteiger partial charge on any atom is -0.309 e. The molecule has 1 aliphatic rings. The van der Waals surface area contributed by atoms with Crippen molar-refractivity contribution in [2.24, 2.45) is 0 Å². The van der Waals surface area contributed by atoms with Crippen molar-refractivity contribution >= 4 is 11.6 Å². The first-order chi connectivity index (χ1) is 4.29. The summed E-state index contributed by atoms with van der Waals surface area (Å²) in [7, 11) is 0. The number of nitrogens with one attached hydrogen (secondary N) is 1. The van der Waals surface area contributed by atoms with Crippen LogP contribution in [-0.2, 0) is 0 Å². The van der Waals surface area contributed by atoms with Crippen LogP contribution in [0.1, 0.15) is 6.92 Å². The summed E-state index contributed by atoms with van der Waals surface area (Å²) in [5.41, 5.74) is 1.29. The van der Waals surface area contributed by atoms with Crippen molar-refractivity contribution < 1.29 is 0 Å². The van der Waals surface area contributed by atoms with Gasteiger partial charge in [-0.05, 0) is 13.0 Å². The molecule has 0 amide bonds. The Bertz CT molecular complexity index is 158. The maximum absolute atomic E-state index is 5.76. The molecule has 0 atom stereocenters. The highest BCUT2D eigenvalue weighted by Crippen LogP contribution is 2.07. The van der Waals surface area contributed by atoms with Crippen LogP contribution >= 0.6 is 11.6 Å². The van der Waals surface area contributed by atoms with E-state index in [0.29, 0.717) is 0 Å². The van der Waals surface area contributed by atoms with Gasteiger partial charge in [0.1, 0.15) is 0 Å². The summed E-state index contributed by atoms with van der Waals surface area (Å²) in [6, 6.07) is 0. The minimum atomic E-state index is 0.845. The van der Waals surface area contributed by atoms with Gasteiger partial charge in [0.15, 0.2) is 0 Å². The normalized spacial score (nSPS) is 20.2. The van der Waals surface area contributed by atoms with Gasteiger partial charge in [-0.1, -0.05) is 23.3 Å². The van der Waals surface area contributed by atoms with Crippen LogP contribution in [0.25, 0.3) is 0 Å². The fraction of sp³-hybridized carbons (Fsp3) is 0.429. The maximum Gasteiger partial charge on any atom is 0.0378 e. The zero-order valence-corrected chi connectivity index (χ0v) is 6.20. The van der Waals surface area contributed by atoms with Crippen molar-refractivity contribution in [2.75, 3.05) is 13.1 Å². The lowest BCUT2D eigenvalue weighted by atomic mass is 10.3. The van der Waals surface area contributed by atoms with E-state index >= 15 is 0 Å². The Kier molecular flexibility index (Phi) is 2.31. The Labute approximate surface area is 60.4 Å². The van der Waals surface area contributed by atoms with Crippen molar-refractivity contribution in [1.82, 2.24) is 5.32 Å². The van der Waals surface area contributed by atoms with Gasteiger partial charge in [0.2, 0.25) is 0 Å². The van der Waals surface area contributed by atoms with Crippen LogP contribution in [-0.4, -0.2) is 13.1 Å². The third-order valence-corrected chi connectivity index (χ3v) is 1.49. The van der Waals surface area contributed by atoms with Crippen LogP contribution in [0.3, 0.4) is 0 Å². The van der Waals surface area contributed by atoms with Crippen molar-refractivity contribution in [3.05, 3.63) is 22.8 Å². The van der Waals surface area contributed by atoms with Crippen LogP contribution in [0, 0.1) is 0 Å². The Morgan fingerprint density at radius 3 is 3.22 bits per heavy atom. The van der Waals surface area contributed by atoms with E-state index < -0.39 is 0 Å².